The Morgan fingerprint density at radius 1 is 1.15 bits per heavy atom. The van der Waals surface area contributed by atoms with Crippen LogP contribution >= 0.6 is 0 Å². The summed E-state index contributed by atoms with van der Waals surface area (Å²) in [5.74, 6) is 0.470. The van der Waals surface area contributed by atoms with Gasteiger partial charge in [0.05, 0.1) is 19.8 Å². The summed E-state index contributed by atoms with van der Waals surface area (Å²) in [6, 6.07) is 6.83. The van der Waals surface area contributed by atoms with Gasteiger partial charge in [-0.3, -0.25) is 4.79 Å². The molecule has 0 spiro atoms. The van der Waals surface area contributed by atoms with Crippen LogP contribution in [0.1, 0.15) is 109 Å². The number of methoxy groups -OCH3 is 1. The van der Waals surface area contributed by atoms with Crippen molar-refractivity contribution < 1.29 is 28.3 Å². The fourth-order valence-electron chi connectivity index (χ4n) is 5.84. The summed E-state index contributed by atoms with van der Waals surface area (Å²) in [4.78, 5) is 30.7. The van der Waals surface area contributed by atoms with Gasteiger partial charge in [0.1, 0.15) is 28.3 Å². The lowest BCUT2D eigenvalue weighted by Gasteiger charge is -2.41. The summed E-state index contributed by atoms with van der Waals surface area (Å²) in [5.41, 5.74) is -0.112. The minimum absolute atomic E-state index is 0.103. The lowest BCUT2D eigenvalue weighted by atomic mass is 9.83. The monoisotopic (exact) mass is 556 g/mol. The first-order valence-corrected chi connectivity index (χ1v) is 14.3. The van der Waals surface area contributed by atoms with Crippen LogP contribution in [0.3, 0.4) is 0 Å². The molecule has 222 valence electrons. The minimum atomic E-state index is -1.23. The highest BCUT2D eigenvalue weighted by Crippen LogP contribution is 2.51. The second-order valence-electron chi connectivity index (χ2n) is 13.4. The van der Waals surface area contributed by atoms with E-state index in [-0.39, 0.29) is 23.2 Å². The van der Waals surface area contributed by atoms with Crippen molar-refractivity contribution in [3.05, 3.63) is 46.8 Å². The molecule has 1 amide bonds. The van der Waals surface area contributed by atoms with Gasteiger partial charge in [-0.25, -0.2) is 4.79 Å². The van der Waals surface area contributed by atoms with Crippen molar-refractivity contribution in [1.82, 2.24) is 10.1 Å². The third-order valence-electron chi connectivity index (χ3n) is 7.27. The first-order chi connectivity index (χ1) is 18.5. The zero-order valence-electron chi connectivity index (χ0n) is 26.2. The maximum Gasteiger partial charge on any atom is 0.332 e. The highest BCUT2D eigenvalue weighted by molar-refractivity contribution is 5.99. The summed E-state index contributed by atoms with van der Waals surface area (Å²) >= 11 is 0. The number of rotatable bonds is 9. The van der Waals surface area contributed by atoms with Crippen LogP contribution in [0.25, 0.3) is 0 Å². The van der Waals surface area contributed by atoms with E-state index in [1.165, 1.54) is 0 Å². The summed E-state index contributed by atoms with van der Waals surface area (Å²) < 4.78 is 23.2. The number of aromatic nitrogens is 1. The molecule has 3 atom stereocenters. The standard InChI is InChI=1S/C32H48N2O6/c1-12-38-19-23-18-32(17-20(2)3,29(36)39-31(8,9)10)34(27(23)25-15-21(4)40-33-25)28(35)22-13-14-24(30(5,6)7)26(16-22)37-11/h13-16,20,23,27H,12,17-19H2,1-11H3/t23-,27-,32-/m0/s1. The zero-order valence-corrected chi connectivity index (χ0v) is 26.2. The molecule has 0 saturated carbocycles. The number of carbonyl (C=O) groups excluding carboxylic acids is 2. The molecule has 0 N–H and O–H groups in total. The van der Waals surface area contributed by atoms with Crippen molar-refractivity contribution in [2.45, 2.75) is 105 Å². The molecule has 2 heterocycles. The number of amides is 1. The van der Waals surface area contributed by atoms with Crippen LogP contribution in [-0.2, 0) is 19.7 Å². The number of nitrogens with zero attached hydrogens (tertiary/aromatic N) is 2. The molecule has 2 aromatic rings. The molecule has 8 nitrogen and oxygen atoms in total. The number of hydrogen-bond donors (Lipinski definition) is 0. The molecule has 8 heteroatoms. The van der Waals surface area contributed by atoms with Gasteiger partial charge in [0.2, 0.25) is 0 Å². The van der Waals surface area contributed by atoms with Gasteiger partial charge in [-0.1, -0.05) is 45.8 Å². The van der Waals surface area contributed by atoms with Gasteiger partial charge >= 0.3 is 5.97 Å². The normalized spacial score (nSPS) is 21.6. The first-order valence-electron chi connectivity index (χ1n) is 14.3. The molecular weight excluding hydrogens is 508 g/mol. The predicted octanol–water partition coefficient (Wildman–Crippen LogP) is 6.66. The highest BCUT2D eigenvalue weighted by atomic mass is 16.6. The van der Waals surface area contributed by atoms with Gasteiger partial charge in [0.15, 0.2) is 0 Å². The van der Waals surface area contributed by atoms with Crippen LogP contribution in [0.2, 0.25) is 0 Å². The maximum atomic E-state index is 14.7. The quantitative estimate of drug-likeness (QED) is 0.319. The molecule has 0 bridgehead atoms. The average Bonchev–Trinajstić information content (AvgIpc) is 3.41. The molecule has 1 aromatic heterocycles. The van der Waals surface area contributed by atoms with E-state index in [0.717, 1.165) is 5.56 Å². The molecule has 1 saturated heterocycles. The van der Waals surface area contributed by atoms with E-state index in [1.807, 2.05) is 52.8 Å². The Kier molecular flexibility index (Phi) is 9.44. The summed E-state index contributed by atoms with van der Waals surface area (Å²) in [6.45, 7) is 20.6. The summed E-state index contributed by atoms with van der Waals surface area (Å²) in [5, 5.41) is 4.34. The molecule has 1 aliphatic rings. The fourth-order valence-corrected chi connectivity index (χ4v) is 5.84. The predicted molar refractivity (Wildman–Crippen MR) is 154 cm³/mol. The number of hydrogen-bond acceptors (Lipinski definition) is 7. The number of benzene rings is 1. The van der Waals surface area contributed by atoms with Crippen molar-refractivity contribution in [3.63, 3.8) is 0 Å². The van der Waals surface area contributed by atoms with Gasteiger partial charge in [-0.2, -0.15) is 0 Å². The SMILES string of the molecule is CCOC[C@@H]1C[C@@](CC(C)C)(C(=O)OC(C)(C)C)N(C(=O)c2ccc(C(C)(C)C)c(OC)c2)[C@@H]1c1cc(C)on1. The van der Waals surface area contributed by atoms with Gasteiger partial charge in [-0.15, -0.1) is 0 Å². The van der Waals surface area contributed by atoms with Crippen LogP contribution in [0.15, 0.2) is 28.8 Å². The van der Waals surface area contributed by atoms with Crippen LogP contribution < -0.4 is 4.74 Å². The fraction of sp³-hybridized carbons (Fsp3) is 0.656. The van der Waals surface area contributed by atoms with Crippen molar-refractivity contribution in [1.29, 1.82) is 0 Å². The van der Waals surface area contributed by atoms with Gasteiger partial charge in [0, 0.05) is 24.2 Å². The Morgan fingerprint density at radius 3 is 2.33 bits per heavy atom. The molecular formula is C32H48N2O6. The Morgan fingerprint density at radius 2 is 1.82 bits per heavy atom. The lowest BCUT2D eigenvalue weighted by Crippen LogP contribution is -2.56. The lowest BCUT2D eigenvalue weighted by molar-refractivity contribution is -0.168. The van der Waals surface area contributed by atoms with Crippen molar-refractivity contribution >= 4 is 11.9 Å². The Hall–Kier alpha value is -2.87. The highest BCUT2D eigenvalue weighted by Gasteiger charge is 2.60. The van der Waals surface area contributed by atoms with Crippen LogP contribution in [-0.4, -0.2) is 53.4 Å². The van der Waals surface area contributed by atoms with Gasteiger partial charge in [-0.05, 0) is 76.5 Å². The number of esters is 1. The molecule has 0 unspecified atom stereocenters. The van der Waals surface area contributed by atoms with E-state index >= 15 is 0 Å². The number of aryl methyl sites for hydroxylation is 1. The third kappa shape index (κ3) is 6.70. The topological polar surface area (TPSA) is 91.1 Å². The van der Waals surface area contributed by atoms with Crippen LogP contribution in [0.4, 0.5) is 0 Å². The molecule has 1 aliphatic heterocycles. The van der Waals surface area contributed by atoms with E-state index < -0.39 is 23.2 Å². The van der Waals surface area contributed by atoms with Crippen molar-refractivity contribution in [3.8, 4) is 5.75 Å². The van der Waals surface area contributed by atoms with Crippen LogP contribution in [0.5, 0.6) is 5.75 Å². The minimum Gasteiger partial charge on any atom is -0.496 e. The molecule has 3 rings (SSSR count). The maximum absolute atomic E-state index is 14.7. The second kappa shape index (κ2) is 11.9. The van der Waals surface area contributed by atoms with E-state index in [4.69, 9.17) is 18.7 Å². The number of carbonyl (C=O) groups is 2. The van der Waals surface area contributed by atoms with E-state index in [9.17, 15) is 9.59 Å². The summed E-state index contributed by atoms with van der Waals surface area (Å²) in [6.07, 6.45) is 0.820. The molecule has 1 fully saturated rings. The smallest absolute Gasteiger partial charge is 0.332 e. The van der Waals surface area contributed by atoms with E-state index in [1.54, 1.807) is 18.1 Å². The van der Waals surface area contributed by atoms with Gasteiger partial charge < -0.3 is 23.6 Å². The average molecular weight is 557 g/mol. The largest absolute Gasteiger partial charge is 0.496 e. The second-order valence-corrected chi connectivity index (χ2v) is 13.4. The molecule has 0 radical (unpaired) electrons. The van der Waals surface area contributed by atoms with Gasteiger partial charge in [0.25, 0.3) is 5.91 Å². The van der Waals surface area contributed by atoms with Crippen LogP contribution in [0, 0.1) is 18.8 Å². The first kappa shape index (κ1) is 31.7. The Labute approximate surface area is 239 Å². The third-order valence-corrected chi connectivity index (χ3v) is 7.27. The van der Waals surface area contributed by atoms with Crippen molar-refractivity contribution in [2.24, 2.45) is 11.8 Å². The summed E-state index contributed by atoms with van der Waals surface area (Å²) in [7, 11) is 1.61. The van der Waals surface area contributed by atoms with Crippen molar-refractivity contribution in [2.75, 3.05) is 20.3 Å². The van der Waals surface area contributed by atoms with E-state index in [0.29, 0.717) is 48.8 Å². The molecule has 40 heavy (non-hydrogen) atoms. The Balaban J connectivity index is 2.28. The molecule has 0 aliphatic carbocycles. The molecule has 1 aromatic carbocycles. The number of ether oxygens (including phenoxy) is 3. The van der Waals surface area contributed by atoms with E-state index in [2.05, 4.69) is 39.8 Å². The zero-order chi connectivity index (χ0) is 30.0. The number of likely N-dealkylation sites (tertiary alicyclic amines) is 1. The Bertz CT molecular complexity index is 1190.